The van der Waals surface area contributed by atoms with Crippen molar-refractivity contribution in [1.82, 2.24) is 19.9 Å². The Balaban J connectivity index is 1.97. The van der Waals surface area contributed by atoms with Crippen LogP contribution in [0.5, 0.6) is 0 Å². The van der Waals surface area contributed by atoms with Gasteiger partial charge in [0.05, 0.1) is 5.69 Å². The molecule has 24 heavy (non-hydrogen) atoms. The first-order valence-corrected chi connectivity index (χ1v) is 8.25. The largest absolute Gasteiger partial charge is 0.476 e. The first-order chi connectivity index (χ1) is 11.5. The maximum absolute atomic E-state index is 11.6. The van der Waals surface area contributed by atoms with Crippen LogP contribution in [0.4, 0.5) is 5.82 Å². The lowest BCUT2D eigenvalue weighted by Gasteiger charge is -2.34. The molecule has 1 aromatic heterocycles. The van der Waals surface area contributed by atoms with Gasteiger partial charge in [-0.2, -0.15) is 0 Å². The van der Waals surface area contributed by atoms with E-state index in [0.29, 0.717) is 5.82 Å². The van der Waals surface area contributed by atoms with Crippen molar-refractivity contribution in [3.8, 4) is 5.69 Å². The maximum Gasteiger partial charge on any atom is 0.360 e. The predicted molar refractivity (Wildman–Crippen MR) is 92.1 cm³/mol. The summed E-state index contributed by atoms with van der Waals surface area (Å²) in [6, 6.07) is 5.86. The number of anilines is 1. The number of benzene rings is 1. The van der Waals surface area contributed by atoms with E-state index in [1.165, 1.54) is 4.80 Å². The van der Waals surface area contributed by atoms with Gasteiger partial charge in [0.2, 0.25) is 5.69 Å². The van der Waals surface area contributed by atoms with Gasteiger partial charge in [0.15, 0.2) is 5.82 Å². The van der Waals surface area contributed by atoms with Crippen LogP contribution < -0.4 is 4.90 Å². The number of hydrogen-bond donors (Lipinski definition) is 1. The first-order valence-electron chi connectivity index (χ1n) is 8.25. The molecule has 1 aliphatic rings. The van der Waals surface area contributed by atoms with Crippen molar-refractivity contribution >= 4 is 11.8 Å². The Bertz CT molecular complexity index is 747. The fraction of sp³-hybridized carbons (Fsp3) is 0.471. The van der Waals surface area contributed by atoms with Crippen molar-refractivity contribution in [2.75, 3.05) is 37.6 Å². The summed E-state index contributed by atoms with van der Waals surface area (Å²) in [5.74, 6) is -0.585. The Labute approximate surface area is 141 Å². The molecule has 2 aromatic rings. The van der Waals surface area contributed by atoms with Gasteiger partial charge in [-0.3, -0.25) is 0 Å². The zero-order valence-electron chi connectivity index (χ0n) is 14.4. The molecule has 1 aromatic carbocycles. The Morgan fingerprint density at radius 3 is 2.50 bits per heavy atom. The Hall–Kier alpha value is -2.41. The van der Waals surface area contributed by atoms with Gasteiger partial charge in [-0.05, 0) is 37.6 Å². The smallest absolute Gasteiger partial charge is 0.360 e. The van der Waals surface area contributed by atoms with E-state index in [-0.39, 0.29) is 5.69 Å². The van der Waals surface area contributed by atoms with Crippen molar-refractivity contribution < 1.29 is 9.90 Å². The minimum Gasteiger partial charge on any atom is -0.476 e. The maximum atomic E-state index is 11.6. The number of nitrogens with zero attached hydrogens (tertiary/aromatic N) is 5. The fourth-order valence-corrected chi connectivity index (χ4v) is 2.99. The summed E-state index contributed by atoms with van der Waals surface area (Å²) in [4.78, 5) is 17.4. The SMILES string of the molecule is CCN1CCN(c2nn(-c3cccc(C)c3C)nc2C(=O)O)CC1. The second-order valence-electron chi connectivity index (χ2n) is 6.11. The number of carboxylic acids is 1. The van der Waals surface area contributed by atoms with Crippen LogP contribution >= 0.6 is 0 Å². The van der Waals surface area contributed by atoms with Gasteiger partial charge in [-0.25, -0.2) is 4.79 Å². The van der Waals surface area contributed by atoms with E-state index in [1.807, 2.05) is 36.9 Å². The third-order valence-electron chi connectivity index (χ3n) is 4.71. The van der Waals surface area contributed by atoms with Crippen LogP contribution in [0.15, 0.2) is 18.2 Å². The Morgan fingerprint density at radius 2 is 1.88 bits per heavy atom. The summed E-state index contributed by atoms with van der Waals surface area (Å²) in [5.41, 5.74) is 3.00. The average Bonchev–Trinajstić information content (AvgIpc) is 3.03. The van der Waals surface area contributed by atoms with E-state index in [0.717, 1.165) is 49.5 Å². The quantitative estimate of drug-likeness (QED) is 0.921. The highest BCUT2D eigenvalue weighted by Crippen LogP contribution is 2.22. The highest BCUT2D eigenvalue weighted by molar-refractivity contribution is 5.91. The topological polar surface area (TPSA) is 74.5 Å². The third-order valence-corrected chi connectivity index (χ3v) is 4.71. The zero-order valence-corrected chi connectivity index (χ0v) is 14.4. The normalized spacial score (nSPS) is 15.7. The molecular weight excluding hydrogens is 306 g/mol. The molecule has 0 bridgehead atoms. The van der Waals surface area contributed by atoms with Gasteiger partial charge >= 0.3 is 5.97 Å². The molecule has 1 fully saturated rings. The van der Waals surface area contributed by atoms with Gasteiger partial charge in [0, 0.05) is 26.2 Å². The summed E-state index contributed by atoms with van der Waals surface area (Å²) in [7, 11) is 0. The first kappa shape index (κ1) is 16.4. The van der Waals surface area contributed by atoms with E-state index >= 15 is 0 Å². The molecule has 7 nitrogen and oxygen atoms in total. The van der Waals surface area contributed by atoms with Gasteiger partial charge in [0.1, 0.15) is 0 Å². The van der Waals surface area contributed by atoms with E-state index in [4.69, 9.17) is 0 Å². The average molecular weight is 329 g/mol. The van der Waals surface area contributed by atoms with Crippen LogP contribution in [-0.4, -0.2) is 63.7 Å². The summed E-state index contributed by atoms with van der Waals surface area (Å²) in [5, 5.41) is 18.3. The number of likely N-dealkylation sites (N-methyl/N-ethyl adjacent to an activating group) is 1. The molecule has 0 spiro atoms. The van der Waals surface area contributed by atoms with Gasteiger partial charge in [-0.1, -0.05) is 19.1 Å². The zero-order chi connectivity index (χ0) is 17.3. The van der Waals surface area contributed by atoms with Crippen molar-refractivity contribution in [3.05, 3.63) is 35.0 Å². The molecule has 2 heterocycles. The van der Waals surface area contributed by atoms with Crippen molar-refractivity contribution in [2.24, 2.45) is 0 Å². The summed E-state index contributed by atoms with van der Waals surface area (Å²) < 4.78 is 0. The van der Waals surface area contributed by atoms with Crippen molar-refractivity contribution in [3.63, 3.8) is 0 Å². The highest BCUT2D eigenvalue weighted by Gasteiger charge is 2.26. The molecule has 0 atom stereocenters. The molecule has 1 saturated heterocycles. The molecular formula is C17H23N5O2. The van der Waals surface area contributed by atoms with Gasteiger partial charge < -0.3 is 14.9 Å². The summed E-state index contributed by atoms with van der Waals surface area (Å²) in [6.07, 6.45) is 0. The van der Waals surface area contributed by atoms with Crippen LogP contribution in [0.2, 0.25) is 0 Å². The number of carbonyl (C=O) groups is 1. The van der Waals surface area contributed by atoms with Crippen molar-refractivity contribution in [1.29, 1.82) is 0 Å². The summed E-state index contributed by atoms with van der Waals surface area (Å²) >= 11 is 0. The number of rotatable bonds is 4. The molecule has 128 valence electrons. The molecule has 1 aliphatic heterocycles. The number of carboxylic acid groups (broad SMARTS) is 1. The monoisotopic (exact) mass is 329 g/mol. The van der Waals surface area contributed by atoms with E-state index in [2.05, 4.69) is 22.0 Å². The Kier molecular flexibility index (Phi) is 4.53. The molecule has 0 aliphatic carbocycles. The lowest BCUT2D eigenvalue weighted by molar-refractivity contribution is 0.0690. The number of piperazine rings is 1. The summed E-state index contributed by atoms with van der Waals surface area (Å²) in [6.45, 7) is 10.5. The second kappa shape index (κ2) is 6.60. The highest BCUT2D eigenvalue weighted by atomic mass is 16.4. The lowest BCUT2D eigenvalue weighted by Crippen LogP contribution is -2.46. The molecule has 0 unspecified atom stereocenters. The van der Waals surface area contributed by atoms with Crippen LogP contribution in [-0.2, 0) is 0 Å². The molecule has 7 heteroatoms. The second-order valence-corrected chi connectivity index (χ2v) is 6.11. The molecule has 1 N–H and O–H groups in total. The van der Waals surface area contributed by atoms with Crippen LogP contribution in [0.1, 0.15) is 28.5 Å². The Morgan fingerprint density at radius 1 is 1.17 bits per heavy atom. The standard InChI is InChI=1S/C17H23N5O2/c1-4-20-8-10-21(11-9-20)16-15(17(23)24)18-22(19-16)14-7-5-6-12(2)13(14)3/h5-7H,4,8-11H2,1-3H3,(H,23,24). The molecule has 0 saturated carbocycles. The molecule has 3 rings (SSSR count). The minimum absolute atomic E-state index is 0.0147. The van der Waals surface area contributed by atoms with E-state index < -0.39 is 5.97 Å². The number of aromatic carboxylic acids is 1. The number of aromatic nitrogens is 3. The number of aryl methyl sites for hydroxylation is 1. The van der Waals surface area contributed by atoms with E-state index in [1.54, 1.807) is 0 Å². The van der Waals surface area contributed by atoms with Crippen LogP contribution in [0.3, 0.4) is 0 Å². The van der Waals surface area contributed by atoms with E-state index in [9.17, 15) is 9.90 Å². The van der Waals surface area contributed by atoms with Gasteiger partial charge in [0.25, 0.3) is 0 Å². The van der Waals surface area contributed by atoms with Crippen LogP contribution in [0, 0.1) is 13.8 Å². The van der Waals surface area contributed by atoms with Gasteiger partial charge in [-0.15, -0.1) is 15.0 Å². The third kappa shape index (κ3) is 2.99. The predicted octanol–water partition coefficient (Wildman–Crippen LogP) is 1.72. The molecule has 0 amide bonds. The molecule has 0 radical (unpaired) electrons. The van der Waals surface area contributed by atoms with Crippen molar-refractivity contribution in [2.45, 2.75) is 20.8 Å². The van der Waals surface area contributed by atoms with Crippen LogP contribution in [0.25, 0.3) is 5.69 Å². The minimum atomic E-state index is -1.04. The fourth-order valence-electron chi connectivity index (χ4n) is 2.99. The number of hydrogen-bond acceptors (Lipinski definition) is 5. The lowest BCUT2D eigenvalue weighted by atomic mass is 10.1.